The van der Waals surface area contributed by atoms with Crippen LogP contribution in [0.3, 0.4) is 0 Å². The average Bonchev–Trinajstić information content (AvgIpc) is 2.94. The summed E-state index contributed by atoms with van der Waals surface area (Å²) in [6.45, 7) is 0. The lowest BCUT2D eigenvalue weighted by atomic mass is 10.1. The third-order valence-corrected chi connectivity index (χ3v) is 2.78. The second-order valence-corrected chi connectivity index (χ2v) is 4.42. The Balaban J connectivity index is 2.38. The number of carbonyl (C=O) groups excluding carboxylic acids is 1. The van der Waals surface area contributed by atoms with Crippen molar-refractivity contribution in [1.82, 2.24) is 5.43 Å². The number of nitrogens with one attached hydrogen (secondary N) is 1. The van der Waals surface area contributed by atoms with Gasteiger partial charge in [0.05, 0.1) is 22.3 Å². The zero-order valence-electron chi connectivity index (χ0n) is 11.7. The number of amides is 2. The monoisotopic (exact) mass is 342 g/mol. The first-order valence-corrected chi connectivity index (χ1v) is 6.23. The number of nitro groups is 1. The van der Waals surface area contributed by atoms with E-state index < -0.39 is 28.4 Å². The molecule has 2 aromatic rings. The van der Waals surface area contributed by atoms with Crippen LogP contribution in [-0.4, -0.2) is 17.2 Å². The molecule has 3 N–H and O–H groups in total. The second-order valence-electron chi connectivity index (χ2n) is 4.42. The third-order valence-electron chi connectivity index (χ3n) is 2.78. The van der Waals surface area contributed by atoms with Crippen molar-refractivity contribution in [3.63, 3.8) is 0 Å². The molecule has 0 spiro atoms. The summed E-state index contributed by atoms with van der Waals surface area (Å²) < 4.78 is 43.2. The maximum absolute atomic E-state index is 12.7. The Hall–Kier alpha value is -3.37. The number of nitro benzene ring substituents is 1. The minimum Gasteiger partial charge on any atom is -0.455 e. The van der Waals surface area contributed by atoms with Gasteiger partial charge in [-0.1, -0.05) is 0 Å². The zero-order chi connectivity index (χ0) is 17.9. The molecule has 0 atom stereocenters. The lowest BCUT2D eigenvalue weighted by molar-refractivity contribution is -0.384. The van der Waals surface area contributed by atoms with Gasteiger partial charge in [-0.05, 0) is 24.3 Å². The van der Waals surface area contributed by atoms with E-state index >= 15 is 0 Å². The number of urea groups is 1. The van der Waals surface area contributed by atoms with Crippen molar-refractivity contribution >= 4 is 17.9 Å². The van der Waals surface area contributed by atoms with E-state index in [0.717, 1.165) is 12.3 Å². The first-order chi connectivity index (χ1) is 11.2. The Kier molecular flexibility index (Phi) is 4.53. The number of rotatable bonds is 4. The van der Waals surface area contributed by atoms with Crippen molar-refractivity contribution in [1.29, 1.82) is 0 Å². The van der Waals surface area contributed by atoms with Crippen molar-refractivity contribution in [2.75, 3.05) is 0 Å². The van der Waals surface area contributed by atoms with Crippen molar-refractivity contribution in [2.24, 2.45) is 10.8 Å². The number of hydrogen-bond acceptors (Lipinski definition) is 5. The van der Waals surface area contributed by atoms with Gasteiger partial charge in [0.25, 0.3) is 5.69 Å². The smallest absolute Gasteiger partial charge is 0.416 e. The molecule has 0 fully saturated rings. The van der Waals surface area contributed by atoms with E-state index in [9.17, 15) is 28.1 Å². The highest BCUT2D eigenvalue weighted by Gasteiger charge is 2.33. The molecule has 1 aromatic heterocycles. The Labute approximate surface area is 131 Å². The maximum atomic E-state index is 12.7. The van der Waals surface area contributed by atoms with Gasteiger partial charge in [0, 0.05) is 6.07 Å². The zero-order valence-corrected chi connectivity index (χ0v) is 11.7. The van der Waals surface area contributed by atoms with Crippen LogP contribution < -0.4 is 11.2 Å². The lowest BCUT2D eigenvalue weighted by Gasteiger charge is -2.07. The topological polar surface area (TPSA) is 124 Å². The van der Waals surface area contributed by atoms with E-state index in [1.807, 2.05) is 5.43 Å². The van der Waals surface area contributed by atoms with Gasteiger partial charge >= 0.3 is 12.2 Å². The lowest BCUT2D eigenvalue weighted by Crippen LogP contribution is -2.24. The van der Waals surface area contributed by atoms with E-state index in [2.05, 4.69) is 5.10 Å². The number of alkyl halides is 3. The molecule has 8 nitrogen and oxygen atoms in total. The van der Waals surface area contributed by atoms with Gasteiger partial charge in [-0.15, -0.1) is 0 Å². The summed E-state index contributed by atoms with van der Waals surface area (Å²) >= 11 is 0. The van der Waals surface area contributed by atoms with Crippen LogP contribution >= 0.6 is 0 Å². The van der Waals surface area contributed by atoms with Crippen LogP contribution in [-0.2, 0) is 6.18 Å². The number of carbonyl (C=O) groups is 1. The van der Waals surface area contributed by atoms with Crippen molar-refractivity contribution in [3.05, 3.63) is 51.8 Å². The van der Waals surface area contributed by atoms with Gasteiger partial charge in [-0.2, -0.15) is 18.3 Å². The Morgan fingerprint density at radius 1 is 1.33 bits per heavy atom. The Bertz CT molecular complexity index is 814. The minimum atomic E-state index is -4.70. The second kappa shape index (κ2) is 6.40. The fourth-order valence-corrected chi connectivity index (χ4v) is 1.79. The van der Waals surface area contributed by atoms with E-state index in [0.29, 0.717) is 12.1 Å². The van der Waals surface area contributed by atoms with Crippen LogP contribution in [0.1, 0.15) is 11.3 Å². The first kappa shape index (κ1) is 17.0. The highest BCUT2D eigenvalue weighted by atomic mass is 19.4. The standard InChI is InChI=1S/C13H9F3N4O4/c14-13(15,16)7-1-3-9(10(5-7)20(22)23)11-4-2-8(24-11)6-18-19-12(17)21/h1-6H,(H3,17,19,21)/b18-6-. The summed E-state index contributed by atoms with van der Waals surface area (Å²) in [5.41, 5.74) is 4.68. The molecule has 126 valence electrons. The Morgan fingerprint density at radius 2 is 2.04 bits per heavy atom. The molecule has 24 heavy (non-hydrogen) atoms. The summed E-state index contributed by atoms with van der Waals surface area (Å²) in [5, 5.41) is 14.5. The number of hydrogen-bond donors (Lipinski definition) is 2. The van der Waals surface area contributed by atoms with Gasteiger partial charge in [0.2, 0.25) is 0 Å². The maximum Gasteiger partial charge on any atom is 0.416 e. The molecule has 0 aliphatic heterocycles. The van der Waals surface area contributed by atoms with Gasteiger partial charge in [-0.3, -0.25) is 10.1 Å². The SMILES string of the molecule is NC(=O)N/N=C\c1ccc(-c2ccc(C(F)(F)F)cc2[N+](=O)[O-])o1. The van der Waals surface area contributed by atoms with Crippen LogP contribution in [0, 0.1) is 10.1 Å². The van der Waals surface area contributed by atoms with Gasteiger partial charge < -0.3 is 10.2 Å². The fraction of sp³-hybridized carbons (Fsp3) is 0.0769. The van der Waals surface area contributed by atoms with E-state index in [1.165, 1.54) is 12.1 Å². The predicted octanol–water partition coefficient (Wildman–Crippen LogP) is 2.88. The van der Waals surface area contributed by atoms with Crippen molar-refractivity contribution in [3.8, 4) is 11.3 Å². The molecule has 2 rings (SSSR count). The quantitative estimate of drug-likeness (QED) is 0.503. The van der Waals surface area contributed by atoms with Crippen LogP contribution in [0.5, 0.6) is 0 Å². The van der Waals surface area contributed by atoms with Crippen molar-refractivity contribution < 1.29 is 27.3 Å². The number of hydrazone groups is 1. The molecule has 2 amide bonds. The van der Waals surface area contributed by atoms with Gasteiger partial charge in [0.1, 0.15) is 11.5 Å². The molecule has 0 aliphatic rings. The molecule has 0 aliphatic carbocycles. The van der Waals surface area contributed by atoms with Crippen LogP contribution in [0.2, 0.25) is 0 Å². The molecule has 0 saturated carbocycles. The summed E-state index contributed by atoms with van der Waals surface area (Å²) in [6.07, 6.45) is -3.63. The van der Waals surface area contributed by atoms with Crippen LogP contribution in [0.15, 0.2) is 39.9 Å². The van der Waals surface area contributed by atoms with Crippen molar-refractivity contribution in [2.45, 2.75) is 6.18 Å². The fourth-order valence-electron chi connectivity index (χ4n) is 1.79. The number of halogens is 3. The molecule has 1 heterocycles. The number of primary amides is 1. The van der Waals surface area contributed by atoms with E-state index in [1.54, 1.807) is 0 Å². The third kappa shape index (κ3) is 3.88. The average molecular weight is 342 g/mol. The molecule has 0 saturated heterocycles. The minimum absolute atomic E-state index is 0.0315. The van der Waals surface area contributed by atoms with E-state index in [4.69, 9.17) is 10.2 Å². The predicted molar refractivity (Wildman–Crippen MR) is 76.1 cm³/mol. The van der Waals surface area contributed by atoms with Gasteiger partial charge in [-0.25, -0.2) is 10.2 Å². The molecule has 0 unspecified atom stereocenters. The van der Waals surface area contributed by atoms with Crippen LogP contribution in [0.4, 0.5) is 23.7 Å². The molecule has 0 bridgehead atoms. The highest BCUT2D eigenvalue weighted by Crippen LogP contribution is 2.37. The number of nitrogens with two attached hydrogens (primary N) is 1. The summed E-state index contributed by atoms with van der Waals surface area (Å²) in [7, 11) is 0. The summed E-state index contributed by atoms with van der Waals surface area (Å²) in [6, 6.07) is 3.87. The Morgan fingerprint density at radius 3 is 2.62 bits per heavy atom. The van der Waals surface area contributed by atoms with Gasteiger partial charge in [0.15, 0.2) is 0 Å². The molecular weight excluding hydrogens is 333 g/mol. The van der Waals surface area contributed by atoms with Crippen LogP contribution in [0.25, 0.3) is 11.3 Å². The first-order valence-electron chi connectivity index (χ1n) is 6.23. The normalized spacial score (nSPS) is 11.6. The molecule has 11 heteroatoms. The molecule has 0 radical (unpaired) electrons. The number of benzene rings is 1. The molecule has 1 aromatic carbocycles. The van der Waals surface area contributed by atoms with E-state index in [-0.39, 0.29) is 17.1 Å². The largest absolute Gasteiger partial charge is 0.455 e. The summed E-state index contributed by atoms with van der Waals surface area (Å²) in [4.78, 5) is 20.6. The molecular formula is C13H9F3N4O4. The number of furan rings is 1. The summed E-state index contributed by atoms with van der Waals surface area (Å²) in [5.74, 6) is 0.0731. The number of nitrogens with zero attached hydrogens (tertiary/aromatic N) is 2. The highest BCUT2D eigenvalue weighted by molar-refractivity contribution is 5.80.